The molecule has 1 fully saturated rings. The Morgan fingerprint density at radius 3 is 1.73 bits per heavy atom. The fraction of sp³-hybridized carbons (Fsp3) is 0.692. The number of rotatable bonds is 5. The molecule has 124 valence electrons. The van der Waals surface area contributed by atoms with E-state index in [1.54, 1.807) is 0 Å². The highest BCUT2D eigenvalue weighted by molar-refractivity contribution is 5.68. The van der Waals surface area contributed by atoms with Gasteiger partial charge in [-0.1, -0.05) is 0 Å². The van der Waals surface area contributed by atoms with E-state index in [2.05, 4.69) is 0 Å². The van der Waals surface area contributed by atoms with Crippen molar-refractivity contribution in [3.63, 3.8) is 0 Å². The summed E-state index contributed by atoms with van der Waals surface area (Å²) in [6.07, 6.45) is -4.40. The Morgan fingerprint density at radius 1 is 0.773 bits per heavy atom. The lowest BCUT2D eigenvalue weighted by Gasteiger charge is -2.22. The third-order valence-corrected chi connectivity index (χ3v) is 2.60. The smallest absolute Gasteiger partial charge is 0.305 e. The molecule has 1 rings (SSSR count). The van der Waals surface area contributed by atoms with Gasteiger partial charge in [-0.25, -0.2) is 0 Å². The van der Waals surface area contributed by atoms with Gasteiger partial charge < -0.3 is 23.7 Å². The fourth-order valence-electron chi connectivity index (χ4n) is 1.93. The Morgan fingerprint density at radius 2 is 1.27 bits per heavy atom. The summed E-state index contributed by atoms with van der Waals surface area (Å²) in [6, 6.07) is 0. The summed E-state index contributed by atoms with van der Waals surface area (Å²) in [5, 5.41) is 0. The summed E-state index contributed by atoms with van der Waals surface area (Å²) in [5.41, 5.74) is 0. The van der Waals surface area contributed by atoms with E-state index in [-0.39, 0.29) is 6.61 Å². The number of carbonyl (C=O) groups is 4. The Hall–Kier alpha value is -2.16. The Kier molecular flexibility index (Phi) is 6.29. The van der Waals surface area contributed by atoms with Gasteiger partial charge in [0.2, 0.25) is 12.4 Å². The zero-order valence-corrected chi connectivity index (χ0v) is 12.7. The molecule has 1 saturated heterocycles. The van der Waals surface area contributed by atoms with Gasteiger partial charge in [0, 0.05) is 27.7 Å². The minimum absolute atomic E-state index is 0.247. The van der Waals surface area contributed by atoms with Crippen LogP contribution in [0.4, 0.5) is 0 Å². The summed E-state index contributed by atoms with van der Waals surface area (Å²) < 4.78 is 25.2. The standard InChI is InChI=1S/C13H18O9/c1-6(14)18-5-10-11(19-7(2)15)12(20-8(3)16)13(22-10)21-9(4)17/h10-13H,5H2,1-4H3/t10-,11-,12+,13?/m1/s1. The van der Waals surface area contributed by atoms with E-state index >= 15 is 0 Å². The molecule has 0 aromatic rings. The molecule has 9 nitrogen and oxygen atoms in total. The van der Waals surface area contributed by atoms with Crippen molar-refractivity contribution in [2.45, 2.75) is 52.3 Å². The number of esters is 4. The maximum atomic E-state index is 11.2. The average molecular weight is 318 g/mol. The predicted octanol–water partition coefficient (Wildman–Crippen LogP) is -0.299. The van der Waals surface area contributed by atoms with Crippen molar-refractivity contribution < 1.29 is 42.9 Å². The van der Waals surface area contributed by atoms with Gasteiger partial charge in [0.15, 0.2) is 6.10 Å². The zero-order valence-electron chi connectivity index (χ0n) is 12.7. The molecule has 0 radical (unpaired) electrons. The highest BCUT2D eigenvalue weighted by Gasteiger charge is 2.51. The molecule has 0 spiro atoms. The molecule has 9 heteroatoms. The lowest BCUT2D eigenvalue weighted by Crippen LogP contribution is -2.42. The van der Waals surface area contributed by atoms with Crippen LogP contribution in [-0.2, 0) is 42.9 Å². The van der Waals surface area contributed by atoms with E-state index in [4.69, 9.17) is 23.7 Å². The molecule has 22 heavy (non-hydrogen) atoms. The summed E-state index contributed by atoms with van der Waals surface area (Å²) in [7, 11) is 0. The van der Waals surface area contributed by atoms with Gasteiger partial charge in [-0.15, -0.1) is 0 Å². The molecule has 0 aromatic carbocycles. The fourth-order valence-corrected chi connectivity index (χ4v) is 1.93. The molecule has 0 N–H and O–H groups in total. The first-order chi connectivity index (χ1) is 10.2. The summed E-state index contributed by atoms with van der Waals surface area (Å²) in [5.74, 6) is -2.56. The number of hydrogen-bond acceptors (Lipinski definition) is 9. The minimum Gasteiger partial charge on any atom is -0.463 e. The largest absolute Gasteiger partial charge is 0.463 e. The van der Waals surface area contributed by atoms with E-state index in [1.165, 1.54) is 6.92 Å². The van der Waals surface area contributed by atoms with Crippen molar-refractivity contribution in [2.24, 2.45) is 0 Å². The maximum Gasteiger partial charge on any atom is 0.305 e. The van der Waals surface area contributed by atoms with Crippen LogP contribution in [0.1, 0.15) is 27.7 Å². The first-order valence-electron chi connectivity index (χ1n) is 6.51. The predicted molar refractivity (Wildman–Crippen MR) is 68.2 cm³/mol. The number of ether oxygens (including phenoxy) is 5. The van der Waals surface area contributed by atoms with Crippen molar-refractivity contribution in [1.82, 2.24) is 0 Å². The minimum atomic E-state index is -1.26. The molecule has 0 bridgehead atoms. The van der Waals surface area contributed by atoms with Gasteiger partial charge in [0.05, 0.1) is 0 Å². The molecule has 0 aromatic heterocycles. The van der Waals surface area contributed by atoms with Crippen LogP contribution < -0.4 is 0 Å². The van der Waals surface area contributed by atoms with E-state index in [1.807, 2.05) is 0 Å². The van der Waals surface area contributed by atoms with Crippen molar-refractivity contribution in [2.75, 3.05) is 6.61 Å². The van der Waals surface area contributed by atoms with E-state index in [9.17, 15) is 19.2 Å². The average Bonchev–Trinajstić information content (AvgIpc) is 2.63. The van der Waals surface area contributed by atoms with E-state index in [0.29, 0.717) is 0 Å². The Labute approximate surface area is 126 Å². The molecule has 1 aliphatic rings. The second kappa shape index (κ2) is 7.74. The summed E-state index contributed by atoms with van der Waals surface area (Å²) in [6.45, 7) is 4.40. The van der Waals surface area contributed by atoms with Crippen molar-refractivity contribution in [1.29, 1.82) is 0 Å². The van der Waals surface area contributed by atoms with Gasteiger partial charge in [0.25, 0.3) is 0 Å². The molecule has 4 atom stereocenters. The monoisotopic (exact) mass is 318 g/mol. The first kappa shape index (κ1) is 17.9. The quantitative estimate of drug-likeness (QED) is 0.497. The molecule has 1 aliphatic heterocycles. The molecular formula is C13H18O9. The van der Waals surface area contributed by atoms with Crippen LogP contribution in [0.2, 0.25) is 0 Å². The highest BCUT2D eigenvalue weighted by Crippen LogP contribution is 2.28. The lowest BCUT2D eigenvalue weighted by molar-refractivity contribution is -0.197. The third kappa shape index (κ3) is 5.32. The molecule has 0 aliphatic carbocycles. The third-order valence-electron chi connectivity index (χ3n) is 2.60. The second-order valence-corrected chi connectivity index (χ2v) is 4.60. The lowest BCUT2D eigenvalue weighted by atomic mass is 10.1. The molecule has 0 amide bonds. The van der Waals surface area contributed by atoms with Gasteiger partial charge in [-0.2, -0.15) is 0 Å². The SMILES string of the molecule is CC(=O)OC[C@H]1OC(OC(C)=O)[C@@H](OC(C)=O)[C@@H]1OC(C)=O. The van der Waals surface area contributed by atoms with Crippen LogP contribution in [0, 0.1) is 0 Å². The molecular weight excluding hydrogens is 300 g/mol. The van der Waals surface area contributed by atoms with Crippen molar-refractivity contribution >= 4 is 23.9 Å². The molecule has 1 heterocycles. The van der Waals surface area contributed by atoms with E-state index < -0.39 is 48.5 Å². The van der Waals surface area contributed by atoms with Crippen LogP contribution in [0.5, 0.6) is 0 Å². The highest BCUT2D eigenvalue weighted by atomic mass is 16.8. The number of hydrogen-bond donors (Lipinski definition) is 0. The second-order valence-electron chi connectivity index (χ2n) is 4.60. The van der Waals surface area contributed by atoms with Crippen LogP contribution in [0.25, 0.3) is 0 Å². The van der Waals surface area contributed by atoms with Gasteiger partial charge in [-0.3, -0.25) is 19.2 Å². The molecule has 1 unspecified atom stereocenters. The molecule has 0 saturated carbocycles. The van der Waals surface area contributed by atoms with Crippen LogP contribution >= 0.6 is 0 Å². The van der Waals surface area contributed by atoms with Crippen molar-refractivity contribution in [3.8, 4) is 0 Å². The number of carbonyl (C=O) groups excluding carboxylic acids is 4. The topological polar surface area (TPSA) is 114 Å². The van der Waals surface area contributed by atoms with Crippen LogP contribution in [0.15, 0.2) is 0 Å². The first-order valence-corrected chi connectivity index (χ1v) is 6.51. The van der Waals surface area contributed by atoms with Gasteiger partial charge in [-0.05, 0) is 0 Å². The zero-order chi connectivity index (χ0) is 16.9. The Balaban J connectivity index is 2.94. The summed E-state index contributed by atoms with van der Waals surface area (Å²) in [4.78, 5) is 44.4. The normalized spacial score (nSPS) is 26.9. The summed E-state index contributed by atoms with van der Waals surface area (Å²) >= 11 is 0. The van der Waals surface area contributed by atoms with Crippen LogP contribution in [0.3, 0.4) is 0 Å². The van der Waals surface area contributed by atoms with Crippen LogP contribution in [-0.4, -0.2) is 55.1 Å². The van der Waals surface area contributed by atoms with Crippen molar-refractivity contribution in [3.05, 3.63) is 0 Å². The maximum absolute atomic E-state index is 11.2. The van der Waals surface area contributed by atoms with Gasteiger partial charge >= 0.3 is 23.9 Å². The van der Waals surface area contributed by atoms with Gasteiger partial charge in [0.1, 0.15) is 12.7 Å². The Bertz CT molecular complexity index is 458. The van der Waals surface area contributed by atoms with E-state index in [0.717, 1.165) is 20.8 Å².